The Balaban J connectivity index is 0.00000484. The van der Waals surface area contributed by atoms with Crippen molar-refractivity contribution in [2.45, 2.75) is 4.90 Å². The third-order valence-electron chi connectivity index (χ3n) is 2.71. The third-order valence-corrected chi connectivity index (χ3v) is 3.15. The molecule has 0 aromatic heterocycles. The summed E-state index contributed by atoms with van der Waals surface area (Å²) in [5.41, 5.74) is 21.8. The Bertz CT molecular complexity index is 711. The van der Waals surface area contributed by atoms with Gasteiger partial charge in [0.2, 0.25) is 17.7 Å². The van der Waals surface area contributed by atoms with Gasteiger partial charge in [0, 0.05) is 4.90 Å². The van der Waals surface area contributed by atoms with Crippen LogP contribution in [0.25, 0.3) is 0 Å². The minimum absolute atomic E-state index is 0. The van der Waals surface area contributed by atoms with Crippen LogP contribution in [0, 0.1) is 0 Å². The van der Waals surface area contributed by atoms with E-state index >= 15 is 0 Å². The number of thiol groups is 1. The Morgan fingerprint density at radius 1 is 0.522 bits per heavy atom. The van der Waals surface area contributed by atoms with E-state index in [9.17, 15) is 24.0 Å². The molecular weight excluding hydrogens is 337 g/mol. The first-order chi connectivity index (χ1) is 10.0. The van der Waals surface area contributed by atoms with Gasteiger partial charge in [0.05, 0.1) is 27.8 Å². The van der Waals surface area contributed by atoms with E-state index in [2.05, 4.69) is 12.6 Å². The van der Waals surface area contributed by atoms with Crippen LogP contribution < -0.4 is 28.7 Å². The molecule has 1 aromatic rings. The Morgan fingerprint density at radius 2 is 0.696 bits per heavy atom. The summed E-state index contributed by atoms with van der Waals surface area (Å²) in [5, 5.41) is 0. The molecule has 1 aromatic carbocycles. The van der Waals surface area contributed by atoms with Crippen molar-refractivity contribution >= 4 is 71.7 Å². The van der Waals surface area contributed by atoms with Crippen LogP contribution in [0.15, 0.2) is 4.90 Å². The Morgan fingerprint density at radius 3 is 0.870 bits per heavy atom. The van der Waals surface area contributed by atoms with Gasteiger partial charge in [-0.15, -0.1) is 12.6 Å². The van der Waals surface area contributed by atoms with Crippen molar-refractivity contribution < 1.29 is 24.0 Å². The van der Waals surface area contributed by atoms with Crippen molar-refractivity contribution in [1.82, 2.24) is 0 Å². The molecule has 0 radical (unpaired) electrons. The molecule has 0 aliphatic heterocycles. The van der Waals surface area contributed by atoms with E-state index in [0.717, 1.165) is 0 Å². The average Bonchev–Trinajstić information content (AvgIpc) is 2.34. The van der Waals surface area contributed by atoms with E-state index in [-0.39, 0.29) is 29.6 Å². The molecule has 0 aliphatic rings. The molecule has 10 N–H and O–H groups in total. The molecule has 0 saturated heterocycles. The van der Waals surface area contributed by atoms with Gasteiger partial charge in [-0.25, -0.2) is 0 Å². The van der Waals surface area contributed by atoms with Crippen LogP contribution in [0.1, 0.15) is 51.8 Å². The van der Waals surface area contributed by atoms with Gasteiger partial charge in [-0.1, -0.05) is 0 Å². The van der Waals surface area contributed by atoms with Crippen molar-refractivity contribution in [1.29, 1.82) is 0 Å². The first kappa shape index (κ1) is 20.9. The third kappa shape index (κ3) is 3.64. The molecule has 1 rings (SSSR count). The zero-order valence-electron chi connectivity index (χ0n) is 10.9. The molecular formula is C11H12N5NaO5S. The molecule has 0 saturated carbocycles. The van der Waals surface area contributed by atoms with Gasteiger partial charge in [-0.3, -0.25) is 24.0 Å². The summed E-state index contributed by atoms with van der Waals surface area (Å²) in [6.45, 7) is 0. The first-order valence-corrected chi connectivity index (χ1v) is 5.88. The summed E-state index contributed by atoms with van der Waals surface area (Å²) in [6.07, 6.45) is 0. The number of rotatable bonds is 5. The zero-order valence-corrected chi connectivity index (χ0v) is 11.8. The number of carbonyl (C=O) groups excluding carboxylic acids is 5. The molecule has 0 bridgehead atoms. The van der Waals surface area contributed by atoms with E-state index in [4.69, 9.17) is 28.7 Å². The molecule has 0 unspecified atom stereocenters. The summed E-state index contributed by atoms with van der Waals surface area (Å²) >= 11 is 3.87. The van der Waals surface area contributed by atoms with Gasteiger partial charge >= 0.3 is 29.6 Å². The van der Waals surface area contributed by atoms with Gasteiger partial charge in [0.1, 0.15) is 0 Å². The van der Waals surface area contributed by atoms with Crippen LogP contribution >= 0.6 is 12.6 Å². The molecule has 0 fully saturated rings. The van der Waals surface area contributed by atoms with Crippen molar-refractivity contribution in [2.24, 2.45) is 28.7 Å². The number of primary amides is 5. The van der Waals surface area contributed by atoms with Crippen LogP contribution in [0.5, 0.6) is 0 Å². The second-order valence-corrected chi connectivity index (χ2v) is 4.49. The second kappa shape index (κ2) is 7.46. The van der Waals surface area contributed by atoms with Gasteiger partial charge in [-0.2, -0.15) is 0 Å². The SMILES string of the molecule is NC(=O)c1c(S)c(C(N)=O)c(C(N)=O)c(C(N)=O)c1C(N)=O.[NaH]. The molecule has 0 atom stereocenters. The summed E-state index contributed by atoms with van der Waals surface area (Å²) in [5.74, 6) is -6.39. The Kier molecular flexibility index (Phi) is 6.78. The second-order valence-electron chi connectivity index (χ2n) is 4.04. The van der Waals surface area contributed by atoms with Crippen LogP contribution in [0.3, 0.4) is 0 Å². The van der Waals surface area contributed by atoms with Gasteiger partial charge in [0.15, 0.2) is 0 Å². The average molecular weight is 349 g/mol. The molecule has 0 spiro atoms. The van der Waals surface area contributed by atoms with Crippen LogP contribution in [0.4, 0.5) is 0 Å². The summed E-state index contributed by atoms with van der Waals surface area (Å²) in [4.78, 5) is 57.3. The summed E-state index contributed by atoms with van der Waals surface area (Å²) < 4.78 is 0. The monoisotopic (exact) mass is 349 g/mol. The quantitative estimate of drug-likeness (QED) is 0.239. The first-order valence-electron chi connectivity index (χ1n) is 5.44. The minimum atomic E-state index is -1.33. The van der Waals surface area contributed by atoms with Crippen LogP contribution in [-0.4, -0.2) is 59.1 Å². The van der Waals surface area contributed by atoms with Crippen LogP contribution in [0.2, 0.25) is 0 Å². The Hall–Kier alpha value is -2.08. The molecule has 0 aliphatic carbocycles. The van der Waals surface area contributed by atoms with Crippen molar-refractivity contribution in [3.63, 3.8) is 0 Å². The Labute approximate surface area is 156 Å². The van der Waals surface area contributed by atoms with E-state index in [0.29, 0.717) is 0 Å². The van der Waals surface area contributed by atoms with Gasteiger partial charge in [-0.05, 0) is 0 Å². The fourth-order valence-electron chi connectivity index (χ4n) is 1.96. The predicted molar refractivity (Wildman–Crippen MR) is 83.4 cm³/mol. The maximum absolute atomic E-state index is 11.6. The zero-order chi connectivity index (χ0) is 17.4. The molecule has 10 nitrogen and oxygen atoms in total. The van der Waals surface area contributed by atoms with E-state index in [1.165, 1.54) is 0 Å². The number of nitrogens with two attached hydrogens (primary N) is 5. The number of amides is 5. The molecule has 5 amide bonds. The fourth-order valence-corrected chi connectivity index (χ4v) is 2.40. The van der Waals surface area contributed by atoms with E-state index in [1.807, 2.05) is 0 Å². The number of hydrogen-bond donors (Lipinski definition) is 6. The van der Waals surface area contributed by atoms with E-state index < -0.39 is 62.2 Å². The van der Waals surface area contributed by atoms with Crippen molar-refractivity contribution in [3.8, 4) is 0 Å². The molecule has 12 heteroatoms. The summed E-state index contributed by atoms with van der Waals surface area (Å²) in [7, 11) is 0. The van der Waals surface area contributed by atoms with Gasteiger partial charge in [0.25, 0.3) is 11.8 Å². The van der Waals surface area contributed by atoms with Gasteiger partial charge < -0.3 is 28.7 Å². The summed E-state index contributed by atoms with van der Waals surface area (Å²) in [6, 6.07) is 0. The fraction of sp³-hybridized carbons (Fsp3) is 0. The van der Waals surface area contributed by atoms with E-state index in [1.54, 1.807) is 0 Å². The van der Waals surface area contributed by atoms with Crippen molar-refractivity contribution in [3.05, 3.63) is 27.8 Å². The topological polar surface area (TPSA) is 215 Å². The van der Waals surface area contributed by atoms with Crippen molar-refractivity contribution in [2.75, 3.05) is 0 Å². The molecule has 0 heterocycles. The normalized spacial score (nSPS) is 9.61. The standard InChI is InChI=1S/C11H11N5O5S.Na.H/c12-7(17)1-2(8(13)18)4(10(15)20)6(22)5(11(16)21)3(1)9(14)19;;/h22H,(H2,12,17)(H2,13,18)(H2,14,19)(H2,15,20)(H2,16,21);;. The number of benzene rings is 1. The molecule has 23 heavy (non-hydrogen) atoms. The molecule has 118 valence electrons. The number of hydrogen-bond acceptors (Lipinski definition) is 6. The van der Waals surface area contributed by atoms with Crippen LogP contribution in [-0.2, 0) is 0 Å². The predicted octanol–water partition coefficient (Wildman–Crippen LogP) is -3.18. The number of carbonyl (C=O) groups is 5. The maximum atomic E-state index is 11.6.